The van der Waals surface area contributed by atoms with Crippen LogP contribution in [0.25, 0.3) is 0 Å². The number of aliphatic hydroxyl groups is 1. The number of aliphatic hydroxyl groups excluding tert-OH is 1. The van der Waals surface area contributed by atoms with Gasteiger partial charge in [-0.3, -0.25) is 47.9 Å². The summed E-state index contributed by atoms with van der Waals surface area (Å²) in [4.78, 5) is 142. The highest BCUT2D eigenvalue weighted by Gasteiger charge is 2.44. The summed E-state index contributed by atoms with van der Waals surface area (Å²) in [5.74, 6) is -6.11. The van der Waals surface area contributed by atoms with Gasteiger partial charge in [-0.05, 0) is 124 Å². The minimum atomic E-state index is -1.69. The lowest BCUT2D eigenvalue weighted by Gasteiger charge is -2.40. The molecule has 0 aromatic heterocycles. The number of nitrogens with zero attached hydrogens (tertiary/aromatic N) is 3. The van der Waals surface area contributed by atoms with E-state index in [0.29, 0.717) is 38.8 Å². The number of carbonyl (C=O) groups is 10. The smallest absolute Gasteiger partial charge is 0.247 e. The van der Waals surface area contributed by atoms with Crippen LogP contribution < -0.4 is 42.5 Å². The molecule has 1 aliphatic heterocycles. The maximum atomic E-state index is 14.6. The molecule has 1 fully saturated rings. The van der Waals surface area contributed by atoms with Crippen LogP contribution in [0.15, 0.2) is 12.2 Å². The van der Waals surface area contributed by atoms with Gasteiger partial charge in [0, 0.05) is 32.1 Å². The number of likely N-dealkylation sites (tertiary alicyclic amines) is 1. The first-order valence-corrected chi connectivity index (χ1v) is 30.1. The molecule has 9 N–H and O–H groups in total. The Bertz CT molecular complexity index is 2130. The number of hydrogen-bond acceptors (Lipinski definition) is 12. The third kappa shape index (κ3) is 25.9. The minimum Gasteiger partial charge on any atom is -0.390 e. The minimum absolute atomic E-state index is 0.0230. The van der Waals surface area contributed by atoms with Crippen molar-refractivity contribution in [3.05, 3.63) is 12.2 Å². The largest absolute Gasteiger partial charge is 0.390 e. The van der Waals surface area contributed by atoms with E-state index < -0.39 is 100 Å². The summed E-state index contributed by atoms with van der Waals surface area (Å²) >= 11 is 0. The van der Waals surface area contributed by atoms with Gasteiger partial charge >= 0.3 is 0 Å². The van der Waals surface area contributed by atoms with Crippen molar-refractivity contribution < 1.29 is 53.1 Å². The van der Waals surface area contributed by atoms with Crippen molar-refractivity contribution in [2.45, 2.75) is 253 Å². The number of likely N-dealkylation sites (N-methyl/N-ethyl adjacent to an activating group) is 1. The highest BCUT2D eigenvalue weighted by Crippen LogP contribution is 2.26. The maximum absolute atomic E-state index is 14.6. The molecule has 0 bridgehead atoms. The van der Waals surface area contributed by atoms with Crippen molar-refractivity contribution in [3.8, 4) is 0 Å². The van der Waals surface area contributed by atoms with E-state index >= 15 is 0 Å². The second-order valence-electron chi connectivity index (χ2n) is 25.6. The highest BCUT2D eigenvalue weighted by atomic mass is 16.3. The lowest BCUT2D eigenvalue weighted by molar-refractivity contribution is -0.150. The van der Waals surface area contributed by atoms with Crippen molar-refractivity contribution in [2.75, 3.05) is 33.7 Å². The Hall–Kier alpha value is -5.64. The van der Waals surface area contributed by atoms with Crippen LogP contribution in [-0.2, 0) is 47.9 Å². The number of hydrogen-bond donors (Lipinski definition) is 9. The number of amides is 10. The number of allylic oxidation sites excluding steroid dienone is 1. The number of unbranched alkanes of at least 4 members (excludes halogenated alkanes) is 5. The molecule has 8 atom stereocenters. The zero-order valence-electron chi connectivity index (χ0n) is 53.3. The first kappa shape index (κ1) is 74.4. The fourth-order valence-electron chi connectivity index (χ4n) is 9.47. The summed E-state index contributed by atoms with van der Waals surface area (Å²) in [7, 11) is 3.79. The highest BCUT2D eigenvalue weighted by molar-refractivity contribution is 5.99. The molecule has 0 aromatic rings. The Morgan fingerprint density at radius 1 is 0.646 bits per heavy atom. The molecule has 0 aromatic carbocycles. The molecule has 1 heterocycles. The predicted octanol–water partition coefficient (Wildman–Crippen LogP) is 3.94. The van der Waals surface area contributed by atoms with Crippen LogP contribution in [0, 0.1) is 23.7 Å². The fourth-order valence-corrected chi connectivity index (χ4v) is 9.47. The molecule has 0 aliphatic carbocycles. The van der Waals surface area contributed by atoms with Crippen LogP contribution in [0.3, 0.4) is 0 Å². The zero-order valence-corrected chi connectivity index (χ0v) is 53.3. The molecular weight excluding hydrogens is 1050 g/mol. The van der Waals surface area contributed by atoms with Crippen molar-refractivity contribution >= 4 is 59.6 Å². The van der Waals surface area contributed by atoms with Gasteiger partial charge in [-0.15, -0.1) is 0 Å². The Kier molecular flexibility index (Phi) is 32.2. The van der Waals surface area contributed by atoms with Crippen molar-refractivity contribution in [3.63, 3.8) is 0 Å². The first-order chi connectivity index (χ1) is 38.0. The van der Waals surface area contributed by atoms with Crippen LogP contribution >= 0.6 is 0 Å². The Morgan fingerprint density at radius 2 is 1.17 bits per heavy atom. The molecule has 1 aliphatic rings. The second kappa shape index (κ2) is 35.5. The summed E-state index contributed by atoms with van der Waals surface area (Å²) < 4.78 is 0. The molecule has 0 radical (unpaired) electrons. The van der Waals surface area contributed by atoms with Gasteiger partial charge in [0.25, 0.3) is 0 Å². The SMILES string of the molecule is CCCCCCCC[C@H](NC(=O)[C@H]([C@H](O)C(C)C)N(C=O)[C@@H]1CCCN1C(=O)/C=C/[C@@H](C)CC)C(=O)NC(C)(C)C(=O)N[C@@H](CC(C)C)C(=O)N[C@@H](CC(C)C)C(=O)NC(C)(C)C(=O)NC(C)(C)C(=O)NCCC(=O)N[C@@H](C)CN(C)C. The Morgan fingerprint density at radius 3 is 1.71 bits per heavy atom. The molecular formula is C60H109N11O11. The van der Waals surface area contributed by atoms with Gasteiger partial charge in [0.05, 0.1) is 6.10 Å². The average molecular weight is 1160 g/mol. The van der Waals surface area contributed by atoms with E-state index in [0.717, 1.165) is 38.5 Å². The van der Waals surface area contributed by atoms with E-state index in [2.05, 4.69) is 49.5 Å². The molecule has 22 nitrogen and oxygen atoms in total. The van der Waals surface area contributed by atoms with Gasteiger partial charge in [0.2, 0.25) is 59.6 Å². The van der Waals surface area contributed by atoms with Crippen LogP contribution in [0.5, 0.6) is 0 Å². The maximum Gasteiger partial charge on any atom is 0.247 e. The quantitative estimate of drug-likeness (QED) is 0.0242. The monoisotopic (exact) mass is 1160 g/mol. The van der Waals surface area contributed by atoms with Crippen LogP contribution in [0.4, 0.5) is 0 Å². The second-order valence-corrected chi connectivity index (χ2v) is 25.6. The number of rotatable bonds is 38. The van der Waals surface area contributed by atoms with E-state index in [1.54, 1.807) is 19.9 Å². The molecule has 470 valence electrons. The van der Waals surface area contributed by atoms with Crippen LogP contribution in [0.1, 0.15) is 194 Å². The zero-order chi connectivity index (χ0) is 62.9. The summed E-state index contributed by atoms with van der Waals surface area (Å²) in [6.07, 6.45) is 8.93. The van der Waals surface area contributed by atoms with Gasteiger partial charge in [0.1, 0.15) is 46.9 Å². The Labute approximate surface area is 491 Å². The van der Waals surface area contributed by atoms with E-state index in [4.69, 9.17) is 0 Å². The Balaban J connectivity index is 3.40. The topological polar surface area (TPSA) is 297 Å². The molecule has 10 amide bonds. The van der Waals surface area contributed by atoms with Gasteiger partial charge in [-0.2, -0.15) is 0 Å². The van der Waals surface area contributed by atoms with Crippen molar-refractivity contribution in [2.24, 2.45) is 23.7 Å². The third-order valence-corrected chi connectivity index (χ3v) is 14.6. The first-order valence-electron chi connectivity index (χ1n) is 30.1. The van der Waals surface area contributed by atoms with E-state index in [-0.39, 0.29) is 67.8 Å². The summed E-state index contributed by atoms with van der Waals surface area (Å²) in [5, 5.41) is 33.8. The molecule has 0 saturated carbocycles. The van der Waals surface area contributed by atoms with Gasteiger partial charge in [-0.1, -0.05) is 113 Å². The van der Waals surface area contributed by atoms with Gasteiger partial charge < -0.3 is 62.3 Å². The average Bonchev–Trinajstić information content (AvgIpc) is 3.90. The lowest BCUT2D eigenvalue weighted by atomic mass is 9.95. The van der Waals surface area contributed by atoms with Crippen LogP contribution in [-0.4, -0.2) is 172 Å². The van der Waals surface area contributed by atoms with E-state index in [9.17, 15) is 53.1 Å². The standard InChI is InChI=1S/C60H109N11O11/c1-19-21-22-23-24-25-27-43(63-54(79)49(50(75)40(7)8)71(37-72)47-28-26-33-70(47)48(74)30-29-41(9)20-2)52(77)66-59(13,14)56(81)65-44(34-38(3)4)51(76)64-45(35-39(5)6)53(78)67-60(15,16)57(82)68-58(11,12)55(80)61-32-31-46(73)62-42(10)36-69(17)18/h29-30,37-45,47,49-50,75H,19-28,31-36H2,1-18H3,(H,61,80)(H,62,73)(H,63,79)(H,64,76)(H,65,81)(H,66,77)(H,67,78)(H,68,82)/b30-29+/t41-,42-,43-,44-,45-,47+,49-,50+/m0/s1. The van der Waals surface area contributed by atoms with Crippen LogP contribution in [0.2, 0.25) is 0 Å². The lowest BCUT2D eigenvalue weighted by Crippen LogP contribution is -2.65. The molecule has 1 saturated heterocycles. The summed E-state index contributed by atoms with van der Waals surface area (Å²) in [5.41, 5.74) is -4.74. The summed E-state index contributed by atoms with van der Waals surface area (Å²) in [6, 6.07) is -5.19. The fraction of sp³-hybridized carbons (Fsp3) is 0.800. The molecule has 22 heteroatoms. The molecule has 0 unspecified atom stereocenters. The predicted molar refractivity (Wildman–Crippen MR) is 319 cm³/mol. The number of nitrogens with one attached hydrogen (secondary N) is 8. The van der Waals surface area contributed by atoms with Gasteiger partial charge in [0.15, 0.2) is 0 Å². The molecule has 0 spiro atoms. The summed E-state index contributed by atoms with van der Waals surface area (Å²) in [6.45, 7) is 28.6. The number of carbonyl (C=O) groups excluding carboxylic acids is 10. The normalized spacial score (nSPS) is 16.6. The molecule has 82 heavy (non-hydrogen) atoms. The van der Waals surface area contributed by atoms with Gasteiger partial charge in [-0.25, -0.2) is 0 Å². The molecule has 1 rings (SSSR count). The van der Waals surface area contributed by atoms with E-state index in [1.165, 1.54) is 57.4 Å². The third-order valence-electron chi connectivity index (χ3n) is 14.6. The van der Waals surface area contributed by atoms with E-state index in [1.807, 2.05) is 67.5 Å². The van der Waals surface area contributed by atoms with Crippen molar-refractivity contribution in [1.29, 1.82) is 0 Å². The van der Waals surface area contributed by atoms with Crippen molar-refractivity contribution in [1.82, 2.24) is 57.2 Å².